The minimum absolute atomic E-state index is 0.0250. The Bertz CT molecular complexity index is 955. The molecule has 2 amide bonds. The maximum atomic E-state index is 12.6. The number of carbonyl (C=O) groups is 2. The van der Waals surface area contributed by atoms with Crippen LogP contribution >= 0.6 is 11.6 Å². The van der Waals surface area contributed by atoms with E-state index in [0.717, 1.165) is 61.8 Å². The van der Waals surface area contributed by atoms with Gasteiger partial charge >= 0.3 is 0 Å². The zero-order valence-electron chi connectivity index (χ0n) is 19.5. The molecule has 2 aromatic rings. The lowest BCUT2D eigenvalue weighted by Gasteiger charge is -2.31. The Kier molecular flexibility index (Phi) is 7.56. The summed E-state index contributed by atoms with van der Waals surface area (Å²) in [6.45, 7) is 5.64. The summed E-state index contributed by atoms with van der Waals surface area (Å²) in [5.41, 5.74) is 3.27. The number of piperidine rings is 1. The van der Waals surface area contributed by atoms with Crippen molar-refractivity contribution in [2.45, 2.75) is 38.1 Å². The first-order valence-electron chi connectivity index (χ1n) is 11.7. The standard InChI is InChI=1S/C26H33ClN4O2/c1-19(32)29(2)25-13-16-31(17-25)24-9-7-23(8-10-24)28-26(33)18-30-14-11-21(12-15-30)20-3-5-22(27)6-4-20/h3-10,21,25H,11-18H2,1-2H3,(H,28,33). The molecule has 2 aromatic carbocycles. The first-order valence-corrected chi connectivity index (χ1v) is 12.1. The highest BCUT2D eigenvalue weighted by Crippen LogP contribution is 2.29. The van der Waals surface area contributed by atoms with E-state index < -0.39 is 0 Å². The third-order valence-corrected chi connectivity index (χ3v) is 7.27. The Balaban J connectivity index is 1.22. The molecule has 2 heterocycles. The van der Waals surface area contributed by atoms with Crippen molar-refractivity contribution in [3.63, 3.8) is 0 Å². The summed E-state index contributed by atoms with van der Waals surface area (Å²) in [6, 6.07) is 16.4. The van der Waals surface area contributed by atoms with Crippen LogP contribution in [0.25, 0.3) is 0 Å². The van der Waals surface area contributed by atoms with Crippen molar-refractivity contribution >= 4 is 34.8 Å². The van der Waals surface area contributed by atoms with Gasteiger partial charge in [-0.1, -0.05) is 23.7 Å². The Labute approximate surface area is 201 Å². The summed E-state index contributed by atoms with van der Waals surface area (Å²) in [5.74, 6) is 0.667. The van der Waals surface area contributed by atoms with Crippen LogP contribution < -0.4 is 10.2 Å². The van der Waals surface area contributed by atoms with E-state index >= 15 is 0 Å². The molecule has 7 heteroatoms. The van der Waals surface area contributed by atoms with Crippen LogP contribution in [0.5, 0.6) is 0 Å². The summed E-state index contributed by atoms with van der Waals surface area (Å²) in [5, 5.41) is 3.80. The van der Waals surface area contributed by atoms with Gasteiger partial charge < -0.3 is 15.1 Å². The van der Waals surface area contributed by atoms with Gasteiger partial charge in [-0.15, -0.1) is 0 Å². The third-order valence-electron chi connectivity index (χ3n) is 7.02. The fraction of sp³-hybridized carbons (Fsp3) is 0.462. The van der Waals surface area contributed by atoms with Crippen molar-refractivity contribution in [1.29, 1.82) is 0 Å². The SMILES string of the molecule is CC(=O)N(C)C1CCN(c2ccc(NC(=O)CN3CCC(c4ccc(Cl)cc4)CC3)cc2)C1. The average molecular weight is 469 g/mol. The molecule has 176 valence electrons. The Morgan fingerprint density at radius 1 is 1.00 bits per heavy atom. The van der Waals surface area contributed by atoms with Gasteiger partial charge in [-0.3, -0.25) is 14.5 Å². The monoisotopic (exact) mass is 468 g/mol. The maximum absolute atomic E-state index is 12.6. The minimum atomic E-state index is 0.0250. The number of likely N-dealkylation sites (N-methyl/N-ethyl adjacent to an activating group) is 1. The molecule has 2 fully saturated rings. The topological polar surface area (TPSA) is 55.9 Å². The fourth-order valence-electron chi connectivity index (χ4n) is 4.87. The number of amides is 2. The molecule has 6 nitrogen and oxygen atoms in total. The van der Waals surface area contributed by atoms with Gasteiger partial charge in [0.2, 0.25) is 11.8 Å². The van der Waals surface area contributed by atoms with E-state index in [-0.39, 0.29) is 17.9 Å². The van der Waals surface area contributed by atoms with E-state index in [1.165, 1.54) is 5.56 Å². The van der Waals surface area contributed by atoms with E-state index in [1.54, 1.807) is 6.92 Å². The molecule has 1 N–H and O–H groups in total. The smallest absolute Gasteiger partial charge is 0.238 e. The molecule has 4 rings (SSSR count). The molecule has 0 aromatic heterocycles. The average Bonchev–Trinajstić information content (AvgIpc) is 3.30. The Morgan fingerprint density at radius 3 is 2.30 bits per heavy atom. The molecule has 1 unspecified atom stereocenters. The lowest BCUT2D eigenvalue weighted by atomic mass is 9.89. The quantitative estimate of drug-likeness (QED) is 0.689. The Hall–Kier alpha value is -2.57. The molecule has 2 aliphatic rings. The first kappa shape index (κ1) is 23.6. The highest BCUT2D eigenvalue weighted by atomic mass is 35.5. The number of benzene rings is 2. The van der Waals surface area contributed by atoms with Gasteiger partial charge in [0.1, 0.15) is 0 Å². The fourth-order valence-corrected chi connectivity index (χ4v) is 4.99. The highest BCUT2D eigenvalue weighted by Gasteiger charge is 2.27. The number of rotatable bonds is 6. The highest BCUT2D eigenvalue weighted by molar-refractivity contribution is 6.30. The number of nitrogens with one attached hydrogen (secondary N) is 1. The van der Waals surface area contributed by atoms with E-state index in [9.17, 15) is 9.59 Å². The summed E-state index contributed by atoms with van der Waals surface area (Å²) in [7, 11) is 1.87. The van der Waals surface area contributed by atoms with Crippen molar-refractivity contribution < 1.29 is 9.59 Å². The van der Waals surface area contributed by atoms with E-state index in [1.807, 2.05) is 48.3 Å². The Morgan fingerprint density at radius 2 is 1.67 bits per heavy atom. The zero-order valence-corrected chi connectivity index (χ0v) is 20.2. The second-order valence-electron chi connectivity index (χ2n) is 9.22. The van der Waals surface area contributed by atoms with Crippen LogP contribution in [0.1, 0.15) is 37.7 Å². The van der Waals surface area contributed by atoms with Gasteiger partial charge in [0.15, 0.2) is 0 Å². The molecular weight excluding hydrogens is 436 g/mol. The third kappa shape index (κ3) is 6.06. The van der Waals surface area contributed by atoms with Gasteiger partial charge in [0, 0.05) is 43.5 Å². The van der Waals surface area contributed by atoms with Gasteiger partial charge in [0.25, 0.3) is 0 Å². The number of anilines is 2. The molecule has 0 bridgehead atoms. The number of halogens is 1. The van der Waals surface area contributed by atoms with Gasteiger partial charge in [0.05, 0.1) is 12.6 Å². The molecule has 0 spiro atoms. The van der Waals surface area contributed by atoms with Gasteiger partial charge in [-0.25, -0.2) is 0 Å². The molecule has 2 aliphatic heterocycles. The predicted octanol–water partition coefficient (Wildman–Crippen LogP) is 4.22. The largest absolute Gasteiger partial charge is 0.369 e. The van der Waals surface area contributed by atoms with Gasteiger partial charge in [-0.2, -0.15) is 0 Å². The molecule has 2 saturated heterocycles. The predicted molar refractivity (Wildman–Crippen MR) is 134 cm³/mol. The van der Waals surface area contributed by atoms with Crippen molar-refractivity contribution in [2.75, 3.05) is 50.0 Å². The van der Waals surface area contributed by atoms with E-state index in [0.29, 0.717) is 12.5 Å². The van der Waals surface area contributed by atoms with Crippen molar-refractivity contribution in [3.05, 3.63) is 59.1 Å². The van der Waals surface area contributed by atoms with E-state index in [2.05, 4.69) is 27.2 Å². The maximum Gasteiger partial charge on any atom is 0.238 e. The second kappa shape index (κ2) is 10.6. The van der Waals surface area contributed by atoms with Crippen LogP contribution in [-0.4, -0.2) is 67.4 Å². The summed E-state index contributed by atoms with van der Waals surface area (Å²) in [6.07, 6.45) is 3.09. The lowest BCUT2D eigenvalue weighted by Crippen LogP contribution is -2.38. The molecule has 0 radical (unpaired) electrons. The van der Waals surface area contributed by atoms with Crippen molar-refractivity contribution in [1.82, 2.24) is 9.80 Å². The summed E-state index contributed by atoms with van der Waals surface area (Å²) in [4.78, 5) is 30.5. The molecular formula is C26H33ClN4O2. The molecule has 33 heavy (non-hydrogen) atoms. The lowest BCUT2D eigenvalue weighted by molar-refractivity contribution is -0.129. The van der Waals surface area contributed by atoms with Crippen LogP contribution in [0.3, 0.4) is 0 Å². The van der Waals surface area contributed by atoms with Crippen LogP contribution in [0.2, 0.25) is 5.02 Å². The number of nitrogens with zero attached hydrogens (tertiary/aromatic N) is 3. The number of hydrogen-bond acceptors (Lipinski definition) is 4. The minimum Gasteiger partial charge on any atom is -0.369 e. The van der Waals surface area contributed by atoms with Crippen LogP contribution in [0, 0.1) is 0 Å². The number of likely N-dealkylation sites (tertiary alicyclic amines) is 1. The molecule has 0 saturated carbocycles. The van der Waals surface area contributed by atoms with Crippen LogP contribution in [-0.2, 0) is 9.59 Å². The van der Waals surface area contributed by atoms with Crippen LogP contribution in [0.4, 0.5) is 11.4 Å². The van der Waals surface area contributed by atoms with Crippen LogP contribution in [0.15, 0.2) is 48.5 Å². The molecule has 0 aliphatic carbocycles. The van der Waals surface area contributed by atoms with E-state index in [4.69, 9.17) is 11.6 Å². The second-order valence-corrected chi connectivity index (χ2v) is 9.65. The van der Waals surface area contributed by atoms with Crippen molar-refractivity contribution in [2.24, 2.45) is 0 Å². The zero-order chi connectivity index (χ0) is 23.4. The van der Waals surface area contributed by atoms with Crippen molar-refractivity contribution in [3.8, 4) is 0 Å². The summed E-state index contributed by atoms with van der Waals surface area (Å²) >= 11 is 6.00. The molecule has 1 atom stereocenters. The van der Waals surface area contributed by atoms with Gasteiger partial charge in [-0.05, 0) is 80.2 Å². The number of carbonyl (C=O) groups excluding carboxylic acids is 2. The normalized spacial score (nSPS) is 19.5. The first-order chi connectivity index (χ1) is 15.9. The summed E-state index contributed by atoms with van der Waals surface area (Å²) < 4.78 is 0. The number of hydrogen-bond donors (Lipinski definition) is 1.